The van der Waals surface area contributed by atoms with E-state index in [4.69, 9.17) is 10.00 Å². The average Bonchev–Trinajstić information content (AvgIpc) is 2.92. The summed E-state index contributed by atoms with van der Waals surface area (Å²) >= 11 is 0. The third-order valence-electron chi connectivity index (χ3n) is 4.15. The lowest BCUT2D eigenvalue weighted by Crippen LogP contribution is -2.36. The number of nitrogens with one attached hydrogen (secondary N) is 2. The van der Waals surface area contributed by atoms with E-state index in [1.54, 1.807) is 18.2 Å². The van der Waals surface area contributed by atoms with Gasteiger partial charge in [-0.2, -0.15) is 5.26 Å². The summed E-state index contributed by atoms with van der Waals surface area (Å²) in [7, 11) is 0. The fourth-order valence-electron chi connectivity index (χ4n) is 3.03. The van der Waals surface area contributed by atoms with Crippen LogP contribution in [0.25, 0.3) is 0 Å². The van der Waals surface area contributed by atoms with Crippen LogP contribution in [0.4, 0.5) is 10.5 Å². The van der Waals surface area contributed by atoms with Gasteiger partial charge in [0.15, 0.2) is 0 Å². The van der Waals surface area contributed by atoms with Crippen molar-refractivity contribution < 1.29 is 14.6 Å². The molecule has 0 heterocycles. The highest BCUT2D eigenvalue weighted by Crippen LogP contribution is 2.31. The molecule has 0 fully saturated rings. The van der Waals surface area contributed by atoms with Crippen molar-refractivity contribution in [2.24, 2.45) is 0 Å². The van der Waals surface area contributed by atoms with Gasteiger partial charge in [0, 0.05) is 6.42 Å². The summed E-state index contributed by atoms with van der Waals surface area (Å²) in [4.78, 5) is 12.4. The number of benzene rings is 2. The molecule has 0 aliphatic heterocycles. The number of urea groups is 1. The number of fused-ring (bicyclic) bond motifs is 1. The number of ether oxygens (including phenoxy) is 1. The molecule has 0 bridgehead atoms. The molecule has 0 spiro atoms. The van der Waals surface area contributed by atoms with Gasteiger partial charge < -0.3 is 20.5 Å². The number of aliphatic hydroxyl groups is 1. The van der Waals surface area contributed by atoms with E-state index in [9.17, 15) is 9.90 Å². The van der Waals surface area contributed by atoms with Crippen molar-refractivity contribution in [3.63, 3.8) is 0 Å². The van der Waals surface area contributed by atoms with Crippen LogP contribution in [0.15, 0.2) is 42.5 Å². The monoisotopic (exact) mass is 337 g/mol. The molecule has 0 saturated carbocycles. The van der Waals surface area contributed by atoms with Crippen molar-refractivity contribution in [1.29, 1.82) is 5.26 Å². The number of carbonyl (C=O) groups is 1. The highest BCUT2D eigenvalue weighted by atomic mass is 16.5. The van der Waals surface area contributed by atoms with E-state index < -0.39 is 18.2 Å². The molecule has 25 heavy (non-hydrogen) atoms. The fourth-order valence-corrected chi connectivity index (χ4v) is 3.03. The van der Waals surface area contributed by atoms with E-state index in [-0.39, 0.29) is 0 Å². The Morgan fingerprint density at radius 1 is 1.36 bits per heavy atom. The van der Waals surface area contributed by atoms with E-state index in [1.165, 1.54) is 0 Å². The predicted octanol–water partition coefficient (Wildman–Crippen LogP) is 2.74. The Labute approximate surface area is 146 Å². The van der Waals surface area contributed by atoms with Crippen LogP contribution in [0, 0.1) is 11.3 Å². The van der Waals surface area contributed by atoms with Gasteiger partial charge in [-0.1, -0.05) is 24.3 Å². The van der Waals surface area contributed by atoms with Crippen LogP contribution < -0.4 is 15.4 Å². The van der Waals surface area contributed by atoms with Gasteiger partial charge in [-0.25, -0.2) is 4.79 Å². The van der Waals surface area contributed by atoms with Crippen molar-refractivity contribution in [3.05, 3.63) is 59.2 Å². The van der Waals surface area contributed by atoms with Crippen molar-refractivity contribution in [3.8, 4) is 11.8 Å². The Hall–Kier alpha value is -3.04. The van der Waals surface area contributed by atoms with Crippen LogP contribution in [0.3, 0.4) is 0 Å². The number of rotatable bonds is 4. The van der Waals surface area contributed by atoms with Crippen molar-refractivity contribution >= 4 is 11.7 Å². The number of nitriles is 1. The molecule has 0 aromatic heterocycles. The molecule has 128 valence electrons. The number of hydrogen-bond donors (Lipinski definition) is 3. The molecule has 0 saturated heterocycles. The summed E-state index contributed by atoms with van der Waals surface area (Å²) in [6.07, 6.45) is -0.158. The van der Waals surface area contributed by atoms with Gasteiger partial charge >= 0.3 is 6.03 Å². The smallest absolute Gasteiger partial charge is 0.319 e. The number of anilines is 1. The van der Waals surface area contributed by atoms with Gasteiger partial charge in [0.05, 0.1) is 36.1 Å². The molecule has 0 radical (unpaired) electrons. The normalized spacial score (nSPS) is 18.1. The Kier molecular flexibility index (Phi) is 4.87. The lowest BCUT2D eigenvalue weighted by atomic mass is 10.1. The third-order valence-corrected chi connectivity index (χ3v) is 4.15. The zero-order chi connectivity index (χ0) is 17.8. The minimum atomic E-state index is -0.667. The van der Waals surface area contributed by atoms with Crippen molar-refractivity contribution in [1.82, 2.24) is 5.32 Å². The molecule has 0 unspecified atom stereocenters. The summed E-state index contributed by atoms with van der Waals surface area (Å²) in [5.74, 6) is 0.490. The summed E-state index contributed by atoms with van der Waals surface area (Å²) < 4.78 is 5.48. The van der Waals surface area contributed by atoms with Crippen LogP contribution in [0.2, 0.25) is 0 Å². The minimum Gasteiger partial charge on any atom is -0.492 e. The molecule has 3 rings (SSSR count). The highest BCUT2D eigenvalue weighted by molar-refractivity contribution is 5.91. The largest absolute Gasteiger partial charge is 0.492 e. The molecule has 2 atom stereocenters. The highest BCUT2D eigenvalue weighted by Gasteiger charge is 2.32. The maximum absolute atomic E-state index is 12.4. The third kappa shape index (κ3) is 3.57. The van der Waals surface area contributed by atoms with Gasteiger partial charge in [-0.15, -0.1) is 0 Å². The minimum absolute atomic E-state index is 0.416. The molecular formula is C19H19N3O3. The first-order valence-electron chi connectivity index (χ1n) is 8.12. The second kappa shape index (κ2) is 7.24. The lowest BCUT2D eigenvalue weighted by Gasteiger charge is -2.19. The molecule has 6 heteroatoms. The van der Waals surface area contributed by atoms with Crippen LogP contribution in [-0.4, -0.2) is 23.8 Å². The van der Waals surface area contributed by atoms with Gasteiger partial charge in [0.2, 0.25) is 0 Å². The second-order valence-corrected chi connectivity index (χ2v) is 5.80. The Morgan fingerprint density at radius 2 is 2.16 bits per heavy atom. The van der Waals surface area contributed by atoms with Crippen molar-refractivity contribution in [2.45, 2.75) is 25.5 Å². The predicted molar refractivity (Wildman–Crippen MR) is 93.4 cm³/mol. The van der Waals surface area contributed by atoms with E-state index in [0.717, 1.165) is 11.1 Å². The summed E-state index contributed by atoms with van der Waals surface area (Å²) in [6.45, 7) is 2.28. The zero-order valence-corrected chi connectivity index (χ0v) is 13.8. The summed E-state index contributed by atoms with van der Waals surface area (Å²) in [5, 5.41) is 24.8. The molecule has 1 aliphatic rings. The van der Waals surface area contributed by atoms with Gasteiger partial charge in [-0.05, 0) is 36.2 Å². The first-order chi connectivity index (χ1) is 12.1. The second-order valence-electron chi connectivity index (χ2n) is 5.80. The SMILES string of the molecule is CCOc1ccc(C#N)cc1NC(=O)N[C@H]1c2ccccc2C[C@H]1O. The number of carbonyl (C=O) groups excluding carboxylic acids is 1. The molecule has 1 aliphatic carbocycles. The van der Waals surface area contributed by atoms with Crippen LogP contribution in [-0.2, 0) is 6.42 Å². The van der Waals surface area contributed by atoms with E-state index in [1.807, 2.05) is 37.3 Å². The van der Waals surface area contributed by atoms with E-state index in [0.29, 0.717) is 30.0 Å². The first-order valence-corrected chi connectivity index (χ1v) is 8.12. The Balaban J connectivity index is 1.76. The zero-order valence-electron chi connectivity index (χ0n) is 13.8. The maximum Gasteiger partial charge on any atom is 0.319 e. The standard InChI is InChI=1S/C19H19N3O3/c1-2-25-17-8-7-12(11-20)9-15(17)21-19(24)22-18-14-6-4-3-5-13(14)10-16(18)23/h3-9,16,18,23H,2,10H2,1H3,(H2,21,22,24)/t16-,18+/m1/s1. The summed E-state index contributed by atoms with van der Waals surface area (Å²) in [5.41, 5.74) is 2.78. The molecular weight excluding hydrogens is 318 g/mol. The van der Waals surface area contributed by atoms with E-state index in [2.05, 4.69) is 10.6 Å². The van der Waals surface area contributed by atoms with Gasteiger partial charge in [-0.3, -0.25) is 0 Å². The number of nitrogens with zero attached hydrogens (tertiary/aromatic N) is 1. The lowest BCUT2D eigenvalue weighted by molar-refractivity contribution is 0.144. The quantitative estimate of drug-likeness (QED) is 0.799. The van der Waals surface area contributed by atoms with Crippen LogP contribution >= 0.6 is 0 Å². The number of aliphatic hydroxyl groups excluding tert-OH is 1. The van der Waals surface area contributed by atoms with Crippen LogP contribution in [0.1, 0.15) is 29.7 Å². The molecule has 2 aromatic rings. The average molecular weight is 337 g/mol. The van der Waals surface area contributed by atoms with Crippen LogP contribution in [0.5, 0.6) is 5.75 Å². The maximum atomic E-state index is 12.4. The fraction of sp³-hybridized carbons (Fsp3) is 0.263. The molecule has 2 aromatic carbocycles. The van der Waals surface area contributed by atoms with Gasteiger partial charge in [0.25, 0.3) is 0 Å². The number of amides is 2. The molecule has 3 N–H and O–H groups in total. The summed E-state index contributed by atoms with van der Waals surface area (Å²) in [6, 6.07) is 13.6. The topological polar surface area (TPSA) is 94.4 Å². The molecule has 6 nitrogen and oxygen atoms in total. The van der Waals surface area contributed by atoms with Gasteiger partial charge in [0.1, 0.15) is 5.75 Å². The Bertz CT molecular complexity index is 829. The Morgan fingerprint density at radius 3 is 2.92 bits per heavy atom. The van der Waals surface area contributed by atoms with Crippen molar-refractivity contribution in [2.75, 3.05) is 11.9 Å². The molecule has 2 amide bonds. The van der Waals surface area contributed by atoms with E-state index >= 15 is 0 Å². The first kappa shape index (κ1) is 16.8. The number of hydrogen-bond acceptors (Lipinski definition) is 4.